The van der Waals surface area contributed by atoms with Crippen LogP contribution in [0, 0.1) is 0 Å². The number of benzene rings is 1. The summed E-state index contributed by atoms with van der Waals surface area (Å²) in [5.41, 5.74) is 1.20. The Morgan fingerprint density at radius 2 is 2.12 bits per heavy atom. The lowest BCUT2D eigenvalue weighted by Gasteiger charge is -2.19. The van der Waals surface area contributed by atoms with E-state index in [1.807, 2.05) is 12.1 Å². The third-order valence-electron chi connectivity index (χ3n) is 2.25. The molecule has 0 radical (unpaired) electrons. The molecule has 1 aromatic rings. The second-order valence-electron chi connectivity index (χ2n) is 3.93. The molecule has 0 spiro atoms. The van der Waals surface area contributed by atoms with Crippen LogP contribution in [0.15, 0.2) is 22.7 Å². The Bertz CT molecular complexity index is 342. The molecule has 16 heavy (non-hydrogen) atoms. The highest BCUT2D eigenvalue weighted by Crippen LogP contribution is 2.24. The lowest BCUT2D eigenvalue weighted by Crippen LogP contribution is -2.24. The third kappa shape index (κ3) is 4.44. The second-order valence-corrected chi connectivity index (χ2v) is 6.41. The van der Waals surface area contributed by atoms with Gasteiger partial charge in [-0.1, -0.05) is 38.8 Å². The predicted octanol–water partition coefficient (Wildman–Crippen LogP) is 3.67. The highest BCUT2D eigenvalue weighted by molar-refractivity contribution is 9.10. The van der Waals surface area contributed by atoms with Crippen molar-refractivity contribution in [3.63, 3.8) is 0 Å². The van der Waals surface area contributed by atoms with Crippen LogP contribution in [-0.2, 0) is 6.54 Å². The van der Waals surface area contributed by atoms with Crippen LogP contribution >= 0.6 is 31.9 Å². The molecule has 1 rings (SSSR count). The molecule has 0 aliphatic carbocycles. The second kappa shape index (κ2) is 6.62. The molecule has 1 unspecified atom stereocenters. The third-order valence-corrected chi connectivity index (χ3v) is 3.03. The largest absolute Gasteiger partial charge is 0.496 e. The zero-order chi connectivity index (χ0) is 12.1. The van der Waals surface area contributed by atoms with Gasteiger partial charge >= 0.3 is 0 Å². The van der Waals surface area contributed by atoms with Crippen LogP contribution in [0.2, 0.25) is 0 Å². The van der Waals surface area contributed by atoms with Crippen molar-refractivity contribution in [2.45, 2.75) is 18.3 Å². The molecule has 2 nitrogen and oxygen atoms in total. The van der Waals surface area contributed by atoms with Gasteiger partial charge in [-0.15, -0.1) is 0 Å². The van der Waals surface area contributed by atoms with Crippen LogP contribution in [0.3, 0.4) is 0 Å². The SMILES string of the molecule is COc1ccc(Br)cc1CN(C)CC(C)Br. The van der Waals surface area contributed by atoms with Crippen LogP contribution < -0.4 is 4.74 Å². The normalized spacial score (nSPS) is 12.9. The molecular formula is C12H17Br2NO. The van der Waals surface area contributed by atoms with Crippen molar-refractivity contribution < 1.29 is 4.74 Å². The molecule has 0 saturated heterocycles. The lowest BCUT2D eigenvalue weighted by molar-refractivity contribution is 0.322. The van der Waals surface area contributed by atoms with E-state index in [1.54, 1.807) is 7.11 Å². The Balaban J connectivity index is 2.74. The van der Waals surface area contributed by atoms with E-state index < -0.39 is 0 Å². The monoisotopic (exact) mass is 349 g/mol. The maximum absolute atomic E-state index is 5.35. The fourth-order valence-corrected chi connectivity index (χ4v) is 2.56. The zero-order valence-electron chi connectivity index (χ0n) is 9.84. The quantitative estimate of drug-likeness (QED) is 0.751. The molecule has 0 aromatic heterocycles. The smallest absolute Gasteiger partial charge is 0.123 e. The van der Waals surface area contributed by atoms with Gasteiger partial charge in [0.1, 0.15) is 5.75 Å². The van der Waals surface area contributed by atoms with Gasteiger partial charge in [-0.3, -0.25) is 0 Å². The van der Waals surface area contributed by atoms with Gasteiger partial charge in [-0.2, -0.15) is 0 Å². The van der Waals surface area contributed by atoms with Crippen molar-refractivity contribution in [1.82, 2.24) is 4.90 Å². The van der Waals surface area contributed by atoms with Gasteiger partial charge in [-0.05, 0) is 25.2 Å². The van der Waals surface area contributed by atoms with Gasteiger partial charge in [0.05, 0.1) is 7.11 Å². The van der Waals surface area contributed by atoms with E-state index >= 15 is 0 Å². The minimum Gasteiger partial charge on any atom is -0.496 e. The number of rotatable bonds is 5. The first-order valence-corrected chi connectivity index (χ1v) is 6.89. The van der Waals surface area contributed by atoms with E-state index in [2.05, 4.69) is 56.8 Å². The van der Waals surface area contributed by atoms with Crippen LogP contribution in [0.1, 0.15) is 12.5 Å². The van der Waals surface area contributed by atoms with E-state index in [-0.39, 0.29) is 0 Å². The standard InChI is InChI=1S/C12H17Br2NO/c1-9(13)7-15(2)8-10-6-11(14)4-5-12(10)16-3/h4-6,9H,7-8H2,1-3H3. The Hall–Kier alpha value is -0.0600. The maximum atomic E-state index is 5.35. The van der Waals surface area contributed by atoms with Crippen LogP contribution in [-0.4, -0.2) is 30.4 Å². The van der Waals surface area contributed by atoms with Crippen molar-refractivity contribution in [2.75, 3.05) is 20.7 Å². The predicted molar refractivity (Wildman–Crippen MR) is 75.4 cm³/mol. The molecule has 1 atom stereocenters. The fraction of sp³-hybridized carbons (Fsp3) is 0.500. The van der Waals surface area contributed by atoms with Gasteiger partial charge < -0.3 is 9.64 Å². The summed E-state index contributed by atoms with van der Waals surface area (Å²) in [4.78, 5) is 2.76. The summed E-state index contributed by atoms with van der Waals surface area (Å²) in [6, 6.07) is 6.09. The van der Waals surface area contributed by atoms with Crippen LogP contribution in [0.4, 0.5) is 0 Å². The number of halogens is 2. The van der Waals surface area contributed by atoms with Crippen molar-refractivity contribution in [3.8, 4) is 5.75 Å². The van der Waals surface area contributed by atoms with E-state index in [1.165, 1.54) is 5.56 Å². The Morgan fingerprint density at radius 1 is 1.44 bits per heavy atom. The first kappa shape index (κ1) is 14.0. The Morgan fingerprint density at radius 3 is 2.69 bits per heavy atom. The first-order valence-electron chi connectivity index (χ1n) is 5.18. The number of hydrogen-bond acceptors (Lipinski definition) is 2. The summed E-state index contributed by atoms with van der Waals surface area (Å²) in [6.07, 6.45) is 0. The summed E-state index contributed by atoms with van der Waals surface area (Å²) < 4.78 is 6.43. The highest BCUT2D eigenvalue weighted by Gasteiger charge is 2.08. The molecule has 90 valence electrons. The average molecular weight is 351 g/mol. The fourth-order valence-electron chi connectivity index (χ4n) is 1.66. The number of methoxy groups -OCH3 is 1. The maximum Gasteiger partial charge on any atom is 0.123 e. The van der Waals surface area contributed by atoms with E-state index in [0.717, 1.165) is 23.3 Å². The molecule has 0 amide bonds. The molecule has 0 fully saturated rings. The number of ether oxygens (including phenoxy) is 1. The Labute approximate surface area is 114 Å². The molecule has 0 N–H and O–H groups in total. The summed E-state index contributed by atoms with van der Waals surface area (Å²) in [7, 11) is 3.82. The van der Waals surface area contributed by atoms with Crippen LogP contribution in [0.25, 0.3) is 0 Å². The van der Waals surface area contributed by atoms with E-state index in [4.69, 9.17) is 4.74 Å². The summed E-state index contributed by atoms with van der Waals surface area (Å²) in [5, 5.41) is 0. The van der Waals surface area contributed by atoms with Crippen molar-refractivity contribution >= 4 is 31.9 Å². The number of hydrogen-bond donors (Lipinski definition) is 0. The average Bonchev–Trinajstić information content (AvgIpc) is 2.16. The molecule has 0 saturated carbocycles. The highest BCUT2D eigenvalue weighted by atomic mass is 79.9. The van der Waals surface area contributed by atoms with Crippen molar-refractivity contribution in [3.05, 3.63) is 28.2 Å². The molecule has 0 heterocycles. The summed E-state index contributed by atoms with van der Waals surface area (Å²) in [6.45, 7) is 4.04. The minimum absolute atomic E-state index is 0.496. The van der Waals surface area contributed by atoms with E-state index in [9.17, 15) is 0 Å². The van der Waals surface area contributed by atoms with Crippen molar-refractivity contribution in [2.24, 2.45) is 0 Å². The zero-order valence-corrected chi connectivity index (χ0v) is 13.0. The van der Waals surface area contributed by atoms with Gasteiger partial charge in [0.15, 0.2) is 0 Å². The van der Waals surface area contributed by atoms with Crippen LogP contribution in [0.5, 0.6) is 5.75 Å². The van der Waals surface area contributed by atoms with Gasteiger partial charge in [-0.25, -0.2) is 0 Å². The first-order chi connectivity index (χ1) is 7.52. The number of alkyl halides is 1. The molecule has 4 heteroatoms. The molecule has 1 aromatic carbocycles. The molecule has 0 bridgehead atoms. The van der Waals surface area contributed by atoms with Gasteiger partial charge in [0, 0.05) is 28.0 Å². The summed E-state index contributed by atoms with van der Waals surface area (Å²) >= 11 is 7.04. The summed E-state index contributed by atoms with van der Waals surface area (Å²) in [5.74, 6) is 0.942. The van der Waals surface area contributed by atoms with Crippen molar-refractivity contribution in [1.29, 1.82) is 0 Å². The number of nitrogens with zero attached hydrogens (tertiary/aromatic N) is 1. The molecular weight excluding hydrogens is 334 g/mol. The molecule has 0 aliphatic rings. The topological polar surface area (TPSA) is 12.5 Å². The lowest BCUT2D eigenvalue weighted by atomic mass is 10.2. The van der Waals surface area contributed by atoms with E-state index in [0.29, 0.717) is 4.83 Å². The van der Waals surface area contributed by atoms with Gasteiger partial charge in [0.2, 0.25) is 0 Å². The minimum atomic E-state index is 0.496. The van der Waals surface area contributed by atoms with Gasteiger partial charge in [0.25, 0.3) is 0 Å². The Kier molecular flexibility index (Phi) is 5.79. The molecule has 0 aliphatic heterocycles.